The molecule has 1 aromatic carbocycles. The molecule has 0 spiro atoms. The van der Waals surface area contributed by atoms with Gasteiger partial charge < -0.3 is 14.4 Å². The summed E-state index contributed by atoms with van der Waals surface area (Å²) in [6.45, 7) is 4.13. The number of para-hydroxylation sites is 1. The molecule has 3 aliphatic heterocycles. The van der Waals surface area contributed by atoms with Crippen molar-refractivity contribution >= 4 is 11.6 Å². The minimum Gasteiger partial charge on any atom is -0.350 e. The third-order valence-corrected chi connectivity index (χ3v) is 5.44. The molecule has 3 fully saturated rings. The van der Waals surface area contributed by atoms with E-state index in [2.05, 4.69) is 4.90 Å². The molecule has 5 heteroatoms. The van der Waals surface area contributed by atoms with Gasteiger partial charge in [-0.1, -0.05) is 18.2 Å². The predicted molar refractivity (Wildman–Crippen MR) is 91.8 cm³/mol. The van der Waals surface area contributed by atoms with Gasteiger partial charge in [-0.25, -0.2) is 0 Å². The number of hydrogen-bond donors (Lipinski definition) is 0. The Bertz CT molecular complexity index is 559. The molecule has 0 saturated carbocycles. The summed E-state index contributed by atoms with van der Waals surface area (Å²) < 4.78 is 11.4. The fourth-order valence-corrected chi connectivity index (χ4v) is 4.25. The highest BCUT2D eigenvalue weighted by atomic mass is 16.7. The first-order valence-electron chi connectivity index (χ1n) is 9.16. The Morgan fingerprint density at radius 3 is 2.50 bits per heavy atom. The number of carbonyl (C=O) groups is 1. The molecule has 1 aromatic rings. The van der Waals surface area contributed by atoms with E-state index in [0.29, 0.717) is 19.1 Å². The molecule has 130 valence electrons. The standard InChI is InChI=1S/C19H26N2O3/c22-18-17(9-5-11-21(18)16-7-2-1-3-8-16)20-10-4-6-15(14-20)19-23-12-13-24-19/h1-3,7-8,15,17,19H,4-6,9-14H2/t15-,17-/m0/s1. The van der Waals surface area contributed by atoms with E-state index < -0.39 is 0 Å². The second-order valence-electron chi connectivity index (χ2n) is 6.99. The molecule has 0 radical (unpaired) electrons. The van der Waals surface area contributed by atoms with Crippen molar-refractivity contribution in [2.24, 2.45) is 5.92 Å². The van der Waals surface area contributed by atoms with Crippen molar-refractivity contribution in [3.63, 3.8) is 0 Å². The van der Waals surface area contributed by atoms with Crippen LogP contribution in [-0.2, 0) is 14.3 Å². The first-order valence-corrected chi connectivity index (χ1v) is 9.16. The van der Waals surface area contributed by atoms with Crippen LogP contribution in [0, 0.1) is 5.92 Å². The molecule has 0 unspecified atom stereocenters. The zero-order valence-corrected chi connectivity index (χ0v) is 14.1. The second kappa shape index (κ2) is 7.21. The Balaban J connectivity index is 1.45. The van der Waals surface area contributed by atoms with Crippen molar-refractivity contribution in [2.45, 2.75) is 38.0 Å². The predicted octanol–water partition coefficient (Wildman–Crippen LogP) is 2.27. The van der Waals surface area contributed by atoms with E-state index in [0.717, 1.165) is 51.0 Å². The highest BCUT2D eigenvalue weighted by Gasteiger charge is 2.38. The Labute approximate surface area is 143 Å². The maximum absolute atomic E-state index is 13.1. The number of ether oxygens (including phenoxy) is 2. The summed E-state index contributed by atoms with van der Waals surface area (Å²) in [5, 5.41) is 0. The monoisotopic (exact) mass is 330 g/mol. The normalized spacial score (nSPS) is 30.0. The lowest BCUT2D eigenvalue weighted by Gasteiger charge is -2.42. The van der Waals surface area contributed by atoms with Gasteiger partial charge in [0.25, 0.3) is 0 Å². The average molecular weight is 330 g/mol. The third-order valence-electron chi connectivity index (χ3n) is 5.44. The van der Waals surface area contributed by atoms with E-state index in [9.17, 15) is 4.79 Å². The highest BCUT2D eigenvalue weighted by molar-refractivity contribution is 5.97. The smallest absolute Gasteiger partial charge is 0.244 e. The van der Waals surface area contributed by atoms with Gasteiger partial charge in [-0.2, -0.15) is 0 Å². The van der Waals surface area contributed by atoms with Crippen molar-refractivity contribution in [1.82, 2.24) is 4.90 Å². The van der Waals surface area contributed by atoms with E-state index >= 15 is 0 Å². The molecule has 2 atom stereocenters. The molecule has 5 nitrogen and oxygen atoms in total. The number of nitrogens with zero attached hydrogens (tertiary/aromatic N) is 2. The molecule has 24 heavy (non-hydrogen) atoms. The maximum atomic E-state index is 13.1. The van der Waals surface area contributed by atoms with Gasteiger partial charge in [0.1, 0.15) is 0 Å². The van der Waals surface area contributed by atoms with Crippen LogP contribution in [0.2, 0.25) is 0 Å². The van der Waals surface area contributed by atoms with E-state index in [1.165, 1.54) is 0 Å². The van der Waals surface area contributed by atoms with E-state index in [1.54, 1.807) is 0 Å². The molecular weight excluding hydrogens is 304 g/mol. The zero-order valence-electron chi connectivity index (χ0n) is 14.1. The van der Waals surface area contributed by atoms with Crippen molar-refractivity contribution in [1.29, 1.82) is 0 Å². The molecule has 0 aliphatic carbocycles. The van der Waals surface area contributed by atoms with Crippen molar-refractivity contribution in [2.75, 3.05) is 37.7 Å². The third kappa shape index (κ3) is 3.21. The van der Waals surface area contributed by atoms with Crippen molar-refractivity contribution in [3.8, 4) is 0 Å². The maximum Gasteiger partial charge on any atom is 0.244 e. The van der Waals surface area contributed by atoms with Gasteiger partial charge in [-0.3, -0.25) is 9.69 Å². The summed E-state index contributed by atoms with van der Waals surface area (Å²) in [6, 6.07) is 10.0. The Hall–Kier alpha value is -1.43. The lowest BCUT2D eigenvalue weighted by atomic mass is 9.93. The summed E-state index contributed by atoms with van der Waals surface area (Å²) in [5.41, 5.74) is 1.02. The number of rotatable bonds is 3. The minimum atomic E-state index is -0.0725. The summed E-state index contributed by atoms with van der Waals surface area (Å²) >= 11 is 0. The first kappa shape index (κ1) is 16.1. The van der Waals surface area contributed by atoms with Crippen LogP contribution in [0.4, 0.5) is 5.69 Å². The first-order chi connectivity index (χ1) is 11.8. The number of carbonyl (C=O) groups excluding carboxylic acids is 1. The van der Waals surface area contributed by atoms with Gasteiger partial charge >= 0.3 is 0 Å². The lowest BCUT2D eigenvalue weighted by Crippen LogP contribution is -2.55. The highest BCUT2D eigenvalue weighted by Crippen LogP contribution is 2.30. The summed E-state index contributed by atoms with van der Waals surface area (Å²) in [7, 11) is 0. The Kier molecular flexibility index (Phi) is 4.83. The second-order valence-corrected chi connectivity index (χ2v) is 6.99. The van der Waals surface area contributed by atoms with E-state index in [4.69, 9.17) is 9.47 Å². The summed E-state index contributed by atoms with van der Waals surface area (Å²) in [5.74, 6) is 0.641. The van der Waals surface area contributed by atoms with Gasteiger partial charge in [0.15, 0.2) is 6.29 Å². The summed E-state index contributed by atoms with van der Waals surface area (Å²) in [6.07, 6.45) is 4.19. The largest absolute Gasteiger partial charge is 0.350 e. The fraction of sp³-hybridized carbons (Fsp3) is 0.632. The number of piperidine rings is 2. The molecule has 3 aliphatic rings. The van der Waals surface area contributed by atoms with Crippen LogP contribution >= 0.6 is 0 Å². The van der Waals surface area contributed by atoms with Crippen molar-refractivity contribution < 1.29 is 14.3 Å². The fourth-order valence-electron chi connectivity index (χ4n) is 4.25. The molecular formula is C19H26N2O3. The SMILES string of the molecule is O=C1[C@@H](N2CCC[C@H](C3OCCO3)C2)CCCN1c1ccccc1. The minimum absolute atomic E-state index is 0.00293. The van der Waals surface area contributed by atoms with E-state index in [1.807, 2.05) is 35.2 Å². The van der Waals surface area contributed by atoms with Crippen LogP contribution in [-0.4, -0.2) is 56.0 Å². The number of likely N-dealkylation sites (tertiary alicyclic amines) is 1. The van der Waals surface area contributed by atoms with Crippen LogP contribution in [0.1, 0.15) is 25.7 Å². The molecule has 1 amide bonds. The number of benzene rings is 1. The molecule has 3 saturated heterocycles. The zero-order chi connectivity index (χ0) is 16.4. The van der Waals surface area contributed by atoms with Crippen LogP contribution in [0.25, 0.3) is 0 Å². The van der Waals surface area contributed by atoms with Crippen LogP contribution in [0.5, 0.6) is 0 Å². The molecule has 4 rings (SSSR count). The van der Waals surface area contributed by atoms with Crippen LogP contribution in [0.3, 0.4) is 0 Å². The molecule has 0 bridgehead atoms. The molecule has 3 heterocycles. The molecule has 0 aromatic heterocycles. The number of amides is 1. The Morgan fingerprint density at radius 1 is 0.958 bits per heavy atom. The Morgan fingerprint density at radius 2 is 1.71 bits per heavy atom. The van der Waals surface area contributed by atoms with Crippen LogP contribution in [0.15, 0.2) is 30.3 Å². The quantitative estimate of drug-likeness (QED) is 0.853. The molecule has 0 N–H and O–H groups in total. The van der Waals surface area contributed by atoms with Gasteiger partial charge in [-0.15, -0.1) is 0 Å². The number of anilines is 1. The van der Waals surface area contributed by atoms with Crippen LogP contribution < -0.4 is 4.90 Å². The van der Waals surface area contributed by atoms with Gasteiger partial charge in [0.05, 0.1) is 19.3 Å². The average Bonchev–Trinajstić information content (AvgIpc) is 3.18. The van der Waals surface area contributed by atoms with Crippen molar-refractivity contribution in [3.05, 3.63) is 30.3 Å². The topological polar surface area (TPSA) is 42.0 Å². The van der Waals surface area contributed by atoms with E-state index in [-0.39, 0.29) is 18.2 Å². The van der Waals surface area contributed by atoms with Gasteiger partial charge in [0, 0.05) is 24.7 Å². The van der Waals surface area contributed by atoms with Gasteiger partial charge in [-0.05, 0) is 44.4 Å². The van der Waals surface area contributed by atoms with Gasteiger partial charge in [0.2, 0.25) is 5.91 Å². The lowest BCUT2D eigenvalue weighted by molar-refractivity contribution is -0.130. The summed E-state index contributed by atoms with van der Waals surface area (Å²) in [4.78, 5) is 17.4. The number of hydrogen-bond acceptors (Lipinski definition) is 4.